The van der Waals surface area contributed by atoms with Gasteiger partial charge in [-0.15, -0.1) is 0 Å². The second kappa shape index (κ2) is 7.76. The molecule has 21 heavy (non-hydrogen) atoms. The average molecular weight is 304 g/mol. The molecule has 2 rings (SSSR count). The van der Waals surface area contributed by atoms with Gasteiger partial charge in [-0.3, -0.25) is 9.78 Å². The minimum atomic E-state index is -0.0773. The Labute approximate surface area is 129 Å². The average Bonchev–Trinajstić information content (AvgIpc) is 2.48. The van der Waals surface area contributed by atoms with Gasteiger partial charge < -0.3 is 10.6 Å². The summed E-state index contributed by atoms with van der Waals surface area (Å²) in [5, 5.41) is 6.58. The van der Waals surface area contributed by atoms with Crippen molar-refractivity contribution in [1.82, 2.24) is 10.3 Å². The molecule has 5 heteroatoms. The van der Waals surface area contributed by atoms with E-state index in [9.17, 15) is 4.79 Å². The van der Waals surface area contributed by atoms with E-state index in [-0.39, 0.29) is 12.5 Å². The van der Waals surface area contributed by atoms with Crippen molar-refractivity contribution < 1.29 is 4.79 Å². The molecule has 1 aromatic carbocycles. The SMILES string of the molecule is Cc1ccc(Cl)cc1NC(=O)CNCCc1cccnc1. The number of nitrogens with zero attached hydrogens (tertiary/aromatic N) is 1. The zero-order valence-corrected chi connectivity index (χ0v) is 12.7. The number of carbonyl (C=O) groups excluding carboxylic acids is 1. The summed E-state index contributed by atoms with van der Waals surface area (Å²) >= 11 is 5.92. The highest BCUT2D eigenvalue weighted by Crippen LogP contribution is 2.19. The van der Waals surface area contributed by atoms with E-state index in [1.165, 1.54) is 0 Å². The molecule has 2 N–H and O–H groups in total. The van der Waals surface area contributed by atoms with Crippen LogP contribution in [-0.2, 0) is 11.2 Å². The normalized spacial score (nSPS) is 10.4. The van der Waals surface area contributed by atoms with Crippen molar-refractivity contribution in [3.8, 4) is 0 Å². The molecule has 0 spiro atoms. The summed E-state index contributed by atoms with van der Waals surface area (Å²) in [7, 11) is 0. The van der Waals surface area contributed by atoms with Crippen LogP contribution in [0.4, 0.5) is 5.69 Å². The van der Waals surface area contributed by atoms with Crippen LogP contribution < -0.4 is 10.6 Å². The van der Waals surface area contributed by atoms with Gasteiger partial charge in [-0.1, -0.05) is 23.7 Å². The standard InChI is InChI=1S/C16H18ClN3O/c1-12-4-5-14(17)9-15(12)20-16(21)11-19-8-6-13-3-2-7-18-10-13/h2-5,7,9-10,19H,6,8,11H2,1H3,(H,20,21). The minimum Gasteiger partial charge on any atom is -0.325 e. The number of rotatable bonds is 6. The molecule has 0 bridgehead atoms. The van der Waals surface area contributed by atoms with Crippen LogP contribution in [0.3, 0.4) is 0 Å². The Morgan fingerprint density at radius 2 is 2.19 bits per heavy atom. The summed E-state index contributed by atoms with van der Waals surface area (Å²) in [6.07, 6.45) is 4.42. The number of pyridine rings is 1. The monoisotopic (exact) mass is 303 g/mol. The number of aromatic nitrogens is 1. The van der Waals surface area contributed by atoms with Crippen LogP contribution in [0.2, 0.25) is 5.02 Å². The van der Waals surface area contributed by atoms with E-state index >= 15 is 0 Å². The van der Waals surface area contributed by atoms with Gasteiger partial charge in [-0.05, 0) is 49.2 Å². The van der Waals surface area contributed by atoms with E-state index in [2.05, 4.69) is 15.6 Å². The van der Waals surface area contributed by atoms with Crippen LogP contribution in [0.1, 0.15) is 11.1 Å². The number of hydrogen-bond acceptors (Lipinski definition) is 3. The molecule has 0 atom stereocenters. The predicted octanol–water partition coefficient (Wildman–Crippen LogP) is 2.81. The summed E-state index contributed by atoms with van der Waals surface area (Å²) in [5.74, 6) is -0.0773. The third-order valence-electron chi connectivity index (χ3n) is 3.07. The van der Waals surface area contributed by atoms with E-state index in [0.717, 1.165) is 29.8 Å². The summed E-state index contributed by atoms with van der Waals surface area (Å²) in [5.41, 5.74) is 2.89. The van der Waals surface area contributed by atoms with Crippen molar-refractivity contribution in [2.45, 2.75) is 13.3 Å². The molecule has 0 radical (unpaired) electrons. The van der Waals surface area contributed by atoms with Crippen molar-refractivity contribution >= 4 is 23.2 Å². The van der Waals surface area contributed by atoms with Crippen molar-refractivity contribution in [1.29, 1.82) is 0 Å². The van der Waals surface area contributed by atoms with Gasteiger partial charge in [-0.25, -0.2) is 0 Å². The first-order valence-electron chi connectivity index (χ1n) is 6.81. The van der Waals surface area contributed by atoms with Crippen LogP contribution >= 0.6 is 11.6 Å². The third kappa shape index (κ3) is 5.17. The lowest BCUT2D eigenvalue weighted by molar-refractivity contribution is -0.115. The van der Waals surface area contributed by atoms with Crippen LogP contribution in [-0.4, -0.2) is 24.0 Å². The number of benzene rings is 1. The summed E-state index contributed by atoms with van der Waals surface area (Å²) in [6, 6.07) is 9.37. The molecule has 2 aromatic rings. The fourth-order valence-electron chi connectivity index (χ4n) is 1.90. The molecule has 1 aromatic heterocycles. The van der Waals surface area contributed by atoms with Gasteiger partial charge >= 0.3 is 0 Å². The number of hydrogen-bond donors (Lipinski definition) is 2. The van der Waals surface area contributed by atoms with Crippen LogP contribution in [0, 0.1) is 6.92 Å². The van der Waals surface area contributed by atoms with Crippen molar-refractivity contribution in [3.05, 3.63) is 58.9 Å². The maximum absolute atomic E-state index is 11.9. The highest BCUT2D eigenvalue weighted by atomic mass is 35.5. The van der Waals surface area contributed by atoms with Gasteiger partial charge in [0.2, 0.25) is 5.91 Å². The fraction of sp³-hybridized carbons (Fsp3) is 0.250. The van der Waals surface area contributed by atoms with Crippen LogP contribution in [0.5, 0.6) is 0 Å². The third-order valence-corrected chi connectivity index (χ3v) is 3.31. The van der Waals surface area contributed by atoms with Crippen LogP contribution in [0.25, 0.3) is 0 Å². The molecule has 4 nitrogen and oxygen atoms in total. The highest BCUT2D eigenvalue weighted by Gasteiger charge is 2.05. The smallest absolute Gasteiger partial charge is 0.238 e. The van der Waals surface area contributed by atoms with E-state index in [4.69, 9.17) is 11.6 Å². The first-order valence-corrected chi connectivity index (χ1v) is 7.18. The number of amides is 1. The van der Waals surface area contributed by atoms with E-state index in [1.54, 1.807) is 18.3 Å². The molecular formula is C16H18ClN3O. The Kier molecular flexibility index (Phi) is 5.72. The number of anilines is 1. The lowest BCUT2D eigenvalue weighted by Gasteiger charge is -2.09. The van der Waals surface area contributed by atoms with E-state index in [1.807, 2.05) is 31.3 Å². The molecule has 110 valence electrons. The van der Waals surface area contributed by atoms with Gasteiger partial charge in [0.05, 0.1) is 6.54 Å². The number of halogens is 1. The molecule has 0 unspecified atom stereocenters. The second-order valence-electron chi connectivity index (χ2n) is 4.80. The van der Waals surface area contributed by atoms with Gasteiger partial charge in [0.25, 0.3) is 0 Å². The lowest BCUT2D eigenvalue weighted by Crippen LogP contribution is -2.29. The van der Waals surface area contributed by atoms with Gasteiger partial charge in [0.1, 0.15) is 0 Å². The van der Waals surface area contributed by atoms with E-state index in [0.29, 0.717) is 5.02 Å². The zero-order valence-electron chi connectivity index (χ0n) is 11.9. The lowest BCUT2D eigenvalue weighted by atomic mass is 10.2. The molecule has 1 amide bonds. The zero-order chi connectivity index (χ0) is 15.1. The van der Waals surface area contributed by atoms with Crippen molar-refractivity contribution in [2.24, 2.45) is 0 Å². The molecule has 1 heterocycles. The molecule has 0 saturated carbocycles. The van der Waals surface area contributed by atoms with Crippen LogP contribution in [0.15, 0.2) is 42.7 Å². The van der Waals surface area contributed by atoms with Crippen molar-refractivity contribution in [2.75, 3.05) is 18.4 Å². The predicted molar refractivity (Wildman–Crippen MR) is 85.6 cm³/mol. The van der Waals surface area contributed by atoms with Crippen molar-refractivity contribution in [3.63, 3.8) is 0 Å². The first kappa shape index (κ1) is 15.5. The Hall–Kier alpha value is -1.91. The maximum atomic E-state index is 11.9. The minimum absolute atomic E-state index is 0.0773. The first-order chi connectivity index (χ1) is 10.1. The molecule has 0 saturated heterocycles. The molecule has 0 fully saturated rings. The molecule has 0 aliphatic carbocycles. The largest absolute Gasteiger partial charge is 0.325 e. The Balaban J connectivity index is 1.74. The molecule has 0 aliphatic rings. The van der Waals surface area contributed by atoms with E-state index < -0.39 is 0 Å². The topological polar surface area (TPSA) is 54.0 Å². The van der Waals surface area contributed by atoms with Gasteiger partial charge in [0, 0.05) is 23.1 Å². The summed E-state index contributed by atoms with van der Waals surface area (Å²) in [4.78, 5) is 15.9. The second-order valence-corrected chi connectivity index (χ2v) is 5.23. The number of carbonyl (C=O) groups is 1. The Morgan fingerprint density at radius 3 is 2.95 bits per heavy atom. The fourth-order valence-corrected chi connectivity index (χ4v) is 2.08. The maximum Gasteiger partial charge on any atom is 0.238 e. The van der Waals surface area contributed by atoms with Gasteiger partial charge in [0.15, 0.2) is 0 Å². The molecule has 0 aliphatic heterocycles. The highest BCUT2D eigenvalue weighted by molar-refractivity contribution is 6.31. The quantitative estimate of drug-likeness (QED) is 0.807. The summed E-state index contributed by atoms with van der Waals surface area (Å²) in [6.45, 7) is 2.93. The Bertz CT molecular complexity index is 602. The van der Waals surface area contributed by atoms with Gasteiger partial charge in [-0.2, -0.15) is 0 Å². The number of nitrogens with one attached hydrogen (secondary N) is 2. The number of aryl methyl sites for hydroxylation is 1. The summed E-state index contributed by atoms with van der Waals surface area (Å²) < 4.78 is 0. The molecular weight excluding hydrogens is 286 g/mol. The Morgan fingerprint density at radius 1 is 1.33 bits per heavy atom.